The average Bonchev–Trinajstić information content (AvgIpc) is 2.99. The van der Waals surface area contributed by atoms with Gasteiger partial charge in [-0.1, -0.05) is 30.3 Å². The number of hydrogen-bond donors (Lipinski definition) is 3. The second-order valence-electron chi connectivity index (χ2n) is 4.95. The van der Waals surface area contributed by atoms with Crippen molar-refractivity contribution in [2.75, 3.05) is 13.2 Å². The van der Waals surface area contributed by atoms with Crippen LogP contribution in [0.2, 0.25) is 0 Å². The Morgan fingerprint density at radius 3 is 2.59 bits per heavy atom. The molecular formula is C17H17N3O2. The van der Waals surface area contributed by atoms with Crippen molar-refractivity contribution >= 4 is 16.8 Å². The van der Waals surface area contributed by atoms with Crippen molar-refractivity contribution < 1.29 is 9.53 Å². The molecule has 0 saturated heterocycles. The fourth-order valence-electron chi connectivity index (χ4n) is 2.48. The van der Waals surface area contributed by atoms with Crippen LogP contribution >= 0.6 is 0 Å². The third-order valence-electron chi connectivity index (χ3n) is 3.48. The molecule has 1 amide bonds. The molecule has 3 rings (SSSR count). The van der Waals surface area contributed by atoms with E-state index in [-0.39, 0.29) is 0 Å². The summed E-state index contributed by atoms with van der Waals surface area (Å²) >= 11 is 0. The first-order valence-corrected chi connectivity index (χ1v) is 7.04. The summed E-state index contributed by atoms with van der Waals surface area (Å²) in [5, 5.41) is 0.823. The topological polar surface area (TPSA) is 94.1 Å². The fourth-order valence-corrected chi connectivity index (χ4v) is 2.48. The minimum atomic E-state index is -0.500. The molecule has 0 radical (unpaired) electrons. The molecule has 0 fully saturated rings. The van der Waals surface area contributed by atoms with Crippen molar-refractivity contribution in [1.82, 2.24) is 4.98 Å². The molecule has 5 nitrogen and oxygen atoms in total. The van der Waals surface area contributed by atoms with Gasteiger partial charge in [-0.15, -0.1) is 0 Å². The zero-order valence-electron chi connectivity index (χ0n) is 12.0. The molecule has 22 heavy (non-hydrogen) atoms. The summed E-state index contributed by atoms with van der Waals surface area (Å²) in [6.07, 6.45) is 0. The van der Waals surface area contributed by atoms with Crippen molar-refractivity contribution in [2.45, 2.75) is 0 Å². The minimum absolute atomic E-state index is 0.357. The Kier molecular flexibility index (Phi) is 3.80. The smallest absolute Gasteiger partial charge is 0.265 e. The van der Waals surface area contributed by atoms with E-state index in [2.05, 4.69) is 4.98 Å². The predicted octanol–water partition coefficient (Wildman–Crippen LogP) is 2.27. The maximum Gasteiger partial charge on any atom is 0.265 e. The van der Waals surface area contributed by atoms with E-state index in [4.69, 9.17) is 16.2 Å². The largest absolute Gasteiger partial charge is 0.492 e. The molecule has 0 aliphatic rings. The maximum atomic E-state index is 11.5. The van der Waals surface area contributed by atoms with Gasteiger partial charge in [0.15, 0.2) is 0 Å². The fraction of sp³-hybridized carbons (Fsp3) is 0.118. The molecule has 0 spiro atoms. The van der Waals surface area contributed by atoms with Gasteiger partial charge in [0.25, 0.3) is 5.91 Å². The van der Waals surface area contributed by atoms with Gasteiger partial charge in [0.05, 0.1) is 5.52 Å². The summed E-state index contributed by atoms with van der Waals surface area (Å²) in [4.78, 5) is 14.6. The van der Waals surface area contributed by atoms with Crippen LogP contribution in [0.4, 0.5) is 0 Å². The number of ether oxygens (including phenoxy) is 1. The van der Waals surface area contributed by atoms with E-state index in [0.717, 1.165) is 22.0 Å². The number of nitrogens with one attached hydrogen (secondary N) is 1. The highest BCUT2D eigenvalue weighted by Crippen LogP contribution is 2.34. The molecule has 1 heterocycles. The van der Waals surface area contributed by atoms with Crippen molar-refractivity contribution in [3.8, 4) is 16.9 Å². The van der Waals surface area contributed by atoms with Crippen molar-refractivity contribution in [3.05, 3.63) is 54.2 Å². The first-order chi connectivity index (χ1) is 10.7. The summed E-state index contributed by atoms with van der Waals surface area (Å²) in [5.41, 5.74) is 14.1. The van der Waals surface area contributed by atoms with Crippen LogP contribution in [-0.2, 0) is 0 Å². The molecule has 0 aliphatic heterocycles. The van der Waals surface area contributed by atoms with Gasteiger partial charge >= 0.3 is 0 Å². The summed E-state index contributed by atoms with van der Waals surface area (Å²) < 4.78 is 5.66. The van der Waals surface area contributed by atoms with Gasteiger partial charge in [-0.3, -0.25) is 4.79 Å². The number of hydrogen-bond acceptors (Lipinski definition) is 3. The Bertz CT molecular complexity index is 809. The van der Waals surface area contributed by atoms with E-state index >= 15 is 0 Å². The second-order valence-corrected chi connectivity index (χ2v) is 4.95. The lowest BCUT2D eigenvalue weighted by Gasteiger charge is -2.09. The van der Waals surface area contributed by atoms with E-state index in [1.54, 1.807) is 6.07 Å². The first kappa shape index (κ1) is 14.2. The van der Waals surface area contributed by atoms with Gasteiger partial charge in [-0.05, 0) is 23.8 Å². The van der Waals surface area contributed by atoms with Gasteiger partial charge in [0.1, 0.15) is 18.1 Å². The molecule has 0 saturated carbocycles. The number of fused-ring (bicyclic) bond motifs is 1. The quantitative estimate of drug-likeness (QED) is 0.674. The molecule has 3 aromatic rings. The summed E-state index contributed by atoms with van der Waals surface area (Å²) in [7, 11) is 0. The van der Waals surface area contributed by atoms with Crippen LogP contribution in [-0.4, -0.2) is 24.0 Å². The monoisotopic (exact) mass is 295 g/mol. The predicted molar refractivity (Wildman–Crippen MR) is 86.8 cm³/mol. The number of amides is 1. The zero-order valence-corrected chi connectivity index (χ0v) is 12.0. The SMILES string of the molecule is NCCOc1ccc(-c2ccccc2)c2[nH]c(C(N)=O)cc12. The van der Waals surface area contributed by atoms with Gasteiger partial charge in [0.2, 0.25) is 0 Å². The number of rotatable bonds is 5. The lowest BCUT2D eigenvalue weighted by molar-refractivity contribution is 0.0996. The van der Waals surface area contributed by atoms with E-state index in [1.165, 1.54) is 0 Å². The Morgan fingerprint density at radius 2 is 1.91 bits per heavy atom. The van der Waals surface area contributed by atoms with Crippen LogP contribution in [0.3, 0.4) is 0 Å². The number of aromatic nitrogens is 1. The van der Waals surface area contributed by atoms with Crippen LogP contribution in [0.5, 0.6) is 5.75 Å². The molecular weight excluding hydrogens is 278 g/mol. The first-order valence-electron chi connectivity index (χ1n) is 7.04. The Labute approximate surface area is 127 Å². The van der Waals surface area contributed by atoms with Crippen molar-refractivity contribution in [2.24, 2.45) is 11.5 Å². The van der Waals surface area contributed by atoms with Crippen LogP contribution in [0.25, 0.3) is 22.0 Å². The molecule has 0 aliphatic carbocycles. The maximum absolute atomic E-state index is 11.5. The third-order valence-corrected chi connectivity index (χ3v) is 3.48. The minimum Gasteiger partial charge on any atom is -0.492 e. The normalized spacial score (nSPS) is 10.8. The lowest BCUT2D eigenvalue weighted by atomic mass is 10.0. The van der Waals surface area contributed by atoms with E-state index < -0.39 is 5.91 Å². The molecule has 1 aromatic heterocycles. The van der Waals surface area contributed by atoms with E-state index in [9.17, 15) is 4.79 Å². The standard InChI is InChI=1S/C17H17N3O2/c18-8-9-22-15-7-6-12(11-4-2-1-3-5-11)16-13(15)10-14(20-16)17(19)21/h1-7,10,20H,8-9,18H2,(H2,19,21). The molecule has 5 N–H and O–H groups in total. The highest BCUT2D eigenvalue weighted by molar-refractivity contribution is 6.04. The average molecular weight is 295 g/mol. The second kappa shape index (κ2) is 5.91. The Balaban J connectivity index is 2.20. The number of nitrogens with two attached hydrogens (primary N) is 2. The number of benzene rings is 2. The van der Waals surface area contributed by atoms with Crippen LogP contribution in [0, 0.1) is 0 Å². The van der Waals surface area contributed by atoms with Crippen LogP contribution in [0.15, 0.2) is 48.5 Å². The molecule has 2 aromatic carbocycles. The van der Waals surface area contributed by atoms with Gasteiger partial charge in [-0.2, -0.15) is 0 Å². The third kappa shape index (κ3) is 2.54. The van der Waals surface area contributed by atoms with Crippen molar-refractivity contribution in [3.63, 3.8) is 0 Å². The molecule has 5 heteroatoms. The number of aromatic amines is 1. The lowest BCUT2D eigenvalue weighted by Crippen LogP contribution is -2.11. The van der Waals surface area contributed by atoms with Crippen LogP contribution in [0.1, 0.15) is 10.5 Å². The molecule has 0 unspecified atom stereocenters. The highest BCUT2D eigenvalue weighted by Gasteiger charge is 2.14. The summed E-state index contributed by atoms with van der Waals surface area (Å²) in [5.74, 6) is 0.184. The molecule has 112 valence electrons. The molecule has 0 atom stereocenters. The number of carbonyl (C=O) groups is 1. The van der Waals surface area contributed by atoms with Crippen molar-refractivity contribution in [1.29, 1.82) is 0 Å². The molecule has 0 bridgehead atoms. The van der Waals surface area contributed by atoms with Gasteiger partial charge in [-0.25, -0.2) is 0 Å². The number of primary amides is 1. The number of H-pyrrole nitrogens is 1. The number of carbonyl (C=O) groups excluding carboxylic acids is 1. The zero-order chi connectivity index (χ0) is 15.5. The van der Waals surface area contributed by atoms with E-state index in [0.29, 0.717) is 24.6 Å². The van der Waals surface area contributed by atoms with Gasteiger partial charge < -0.3 is 21.2 Å². The van der Waals surface area contributed by atoms with E-state index in [1.807, 2.05) is 42.5 Å². The summed E-state index contributed by atoms with van der Waals surface area (Å²) in [6.45, 7) is 0.839. The van der Waals surface area contributed by atoms with Gasteiger partial charge in [0, 0.05) is 17.5 Å². The Morgan fingerprint density at radius 1 is 1.14 bits per heavy atom. The highest BCUT2D eigenvalue weighted by atomic mass is 16.5. The summed E-state index contributed by atoms with van der Waals surface area (Å²) in [6, 6.07) is 15.5. The Hall–Kier alpha value is -2.79. The van der Waals surface area contributed by atoms with Crippen LogP contribution < -0.4 is 16.2 Å².